The number of imidazole rings is 4. The van der Waals surface area contributed by atoms with E-state index in [1.807, 2.05) is 26.0 Å². The molecule has 57 heavy (non-hydrogen) atoms. The monoisotopic (exact) mass is 762 g/mol. The molecule has 0 aliphatic heterocycles. The maximum Gasteiger partial charge on any atom is 0.295 e. The molecule has 16 nitrogen and oxygen atoms in total. The Bertz CT molecular complexity index is 2960. The molecular weight excluding hydrogens is 725 g/mol. The van der Waals surface area contributed by atoms with Gasteiger partial charge in [0.2, 0.25) is 11.8 Å². The summed E-state index contributed by atoms with van der Waals surface area (Å²) in [6, 6.07) is 19.6. The first kappa shape index (κ1) is 36.6. The third kappa shape index (κ3) is 6.18. The molecule has 4 aromatic heterocycles. The Kier molecular flexibility index (Phi) is 8.99. The molecule has 0 aliphatic carbocycles. The van der Waals surface area contributed by atoms with E-state index in [1.165, 1.54) is 33.9 Å². The lowest BCUT2D eigenvalue weighted by Crippen LogP contribution is -2.39. The Morgan fingerprint density at radius 1 is 0.702 bits per heavy atom. The number of fused-ring (bicyclic) bond motifs is 4. The molecule has 2 N–H and O–H groups in total. The average molecular weight is 763 g/mol. The first-order valence-corrected chi connectivity index (χ1v) is 18.4. The predicted octanol–water partition coefficient (Wildman–Crippen LogP) is 7.70. The molecule has 2 unspecified atom stereocenters. The van der Waals surface area contributed by atoms with Crippen molar-refractivity contribution in [1.29, 1.82) is 5.26 Å². The van der Waals surface area contributed by atoms with Gasteiger partial charge in [0.1, 0.15) is 35.3 Å². The smallest absolute Gasteiger partial charge is 0.295 e. The Balaban J connectivity index is 1.32. The van der Waals surface area contributed by atoms with Crippen molar-refractivity contribution in [3.63, 3.8) is 0 Å². The molecule has 4 heterocycles. The number of nitro benzene ring substituents is 1. The Labute approximate surface area is 325 Å². The van der Waals surface area contributed by atoms with Crippen molar-refractivity contribution in [2.24, 2.45) is 0 Å². The van der Waals surface area contributed by atoms with E-state index in [0.29, 0.717) is 33.4 Å². The number of aryl methyl sites for hydroxylation is 2. The third-order valence-corrected chi connectivity index (χ3v) is 10.2. The number of benzene rings is 4. The zero-order valence-corrected chi connectivity index (χ0v) is 32.0. The fourth-order valence-electron chi connectivity index (χ4n) is 7.99. The number of anilines is 2. The number of nitrogens with zero attached hydrogens (tertiary/aromatic N) is 10. The fraction of sp³-hybridized carbons (Fsp3) is 0.244. The van der Waals surface area contributed by atoms with Crippen LogP contribution in [-0.2, 0) is 9.59 Å². The number of carbonyl (C=O) groups excluding carboxylic acids is 2. The minimum atomic E-state index is -1.53. The summed E-state index contributed by atoms with van der Waals surface area (Å²) in [6.07, 6.45) is 2.71. The summed E-state index contributed by atoms with van der Waals surface area (Å²) in [5.74, 6) is 0.263. The number of carbonyl (C=O) groups is 2. The number of rotatable bonds is 10. The second-order valence-electron chi connectivity index (χ2n) is 14.5. The van der Waals surface area contributed by atoms with Crippen LogP contribution in [0.2, 0.25) is 0 Å². The molecule has 0 saturated heterocycles. The highest BCUT2D eigenvalue weighted by Gasteiger charge is 2.40. The number of aromatic nitrogens is 8. The summed E-state index contributed by atoms with van der Waals surface area (Å²) in [7, 11) is 0. The van der Waals surface area contributed by atoms with E-state index < -0.39 is 28.8 Å². The van der Waals surface area contributed by atoms with Crippen LogP contribution in [0.25, 0.3) is 44.1 Å². The van der Waals surface area contributed by atoms with Crippen molar-refractivity contribution < 1.29 is 14.5 Å². The lowest BCUT2D eigenvalue weighted by atomic mass is 10.0. The van der Waals surface area contributed by atoms with Gasteiger partial charge in [-0.25, -0.2) is 19.9 Å². The number of para-hydroxylation sites is 2. The van der Waals surface area contributed by atoms with Crippen molar-refractivity contribution in [3.8, 4) is 6.07 Å². The van der Waals surface area contributed by atoms with Gasteiger partial charge in [-0.2, -0.15) is 5.26 Å². The van der Waals surface area contributed by atoms with Crippen LogP contribution < -0.4 is 10.6 Å². The minimum absolute atomic E-state index is 0.0308. The maximum absolute atomic E-state index is 15.1. The Morgan fingerprint density at radius 2 is 1.18 bits per heavy atom. The molecule has 0 fully saturated rings. The van der Waals surface area contributed by atoms with Gasteiger partial charge in [0.05, 0.1) is 61.8 Å². The van der Waals surface area contributed by atoms with Crippen LogP contribution >= 0.6 is 0 Å². The number of hydrogen-bond donors (Lipinski definition) is 2. The van der Waals surface area contributed by atoms with Gasteiger partial charge in [-0.05, 0) is 96.1 Å². The van der Waals surface area contributed by atoms with Crippen LogP contribution in [0.4, 0.5) is 17.1 Å². The van der Waals surface area contributed by atoms with Crippen molar-refractivity contribution in [2.75, 3.05) is 10.6 Å². The molecule has 8 aromatic rings. The van der Waals surface area contributed by atoms with Crippen LogP contribution in [-0.4, -0.2) is 54.9 Å². The normalized spacial score (nSPS) is 12.8. The van der Waals surface area contributed by atoms with Crippen LogP contribution in [0, 0.1) is 35.3 Å². The van der Waals surface area contributed by atoms with Crippen LogP contribution in [0.1, 0.15) is 69.1 Å². The van der Waals surface area contributed by atoms with Crippen LogP contribution in [0.3, 0.4) is 0 Å². The van der Waals surface area contributed by atoms with Gasteiger partial charge in [0.25, 0.3) is 5.69 Å². The molecule has 0 radical (unpaired) electrons. The summed E-state index contributed by atoms with van der Waals surface area (Å²) >= 11 is 0. The zero-order chi connectivity index (χ0) is 40.3. The van der Waals surface area contributed by atoms with Crippen LogP contribution in [0.5, 0.6) is 0 Å². The van der Waals surface area contributed by atoms with E-state index >= 15 is 9.59 Å². The molecular formula is C41H38N12O4. The van der Waals surface area contributed by atoms with Crippen molar-refractivity contribution >= 4 is 73.0 Å². The number of hydrogen-bond acceptors (Lipinski definition) is 9. The Hall–Kier alpha value is -7.41. The molecule has 2 amide bonds. The predicted molar refractivity (Wildman–Crippen MR) is 216 cm³/mol. The van der Waals surface area contributed by atoms with E-state index in [4.69, 9.17) is 9.97 Å². The minimum Gasteiger partial charge on any atom is -0.326 e. The van der Waals surface area contributed by atoms with E-state index in [1.54, 1.807) is 48.5 Å². The maximum atomic E-state index is 15.1. The van der Waals surface area contributed by atoms with Gasteiger partial charge >= 0.3 is 0 Å². The first-order valence-electron chi connectivity index (χ1n) is 18.4. The van der Waals surface area contributed by atoms with Crippen molar-refractivity contribution in [1.82, 2.24) is 38.2 Å². The van der Waals surface area contributed by atoms with E-state index in [-0.39, 0.29) is 34.4 Å². The first-order chi connectivity index (χ1) is 27.4. The quantitative estimate of drug-likeness (QED) is 0.104. The summed E-state index contributed by atoms with van der Waals surface area (Å²) in [5.41, 5.74) is 4.74. The summed E-state index contributed by atoms with van der Waals surface area (Å²) in [5, 5.41) is 28.7. The van der Waals surface area contributed by atoms with Gasteiger partial charge in [0, 0.05) is 29.5 Å². The summed E-state index contributed by atoms with van der Waals surface area (Å²) in [4.78, 5) is 60.5. The largest absolute Gasteiger partial charge is 0.326 e. The average Bonchev–Trinajstić information content (AvgIpc) is 3.95. The third-order valence-electron chi connectivity index (χ3n) is 10.2. The number of non-ortho nitro benzene ring substituents is 1. The van der Waals surface area contributed by atoms with Crippen molar-refractivity contribution in [3.05, 3.63) is 113 Å². The lowest BCUT2D eigenvalue weighted by Gasteiger charge is -2.29. The number of nitriles is 1. The van der Waals surface area contributed by atoms with Crippen LogP contribution in [0.15, 0.2) is 85.5 Å². The number of nitrogens with one attached hydrogen (secondary N) is 2. The highest BCUT2D eigenvalue weighted by atomic mass is 16.6. The topological polar surface area (TPSA) is 196 Å². The lowest BCUT2D eigenvalue weighted by molar-refractivity contribution is -0.383. The van der Waals surface area contributed by atoms with Gasteiger partial charge < -0.3 is 28.9 Å². The molecule has 286 valence electrons. The molecule has 8 rings (SSSR count). The number of amides is 2. The van der Waals surface area contributed by atoms with Gasteiger partial charge in [-0.1, -0.05) is 12.1 Å². The second-order valence-corrected chi connectivity index (χ2v) is 14.5. The molecule has 0 bridgehead atoms. The highest BCUT2D eigenvalue weighted by molar-refractivity contribution is 6.04. The molecule has 0 aliphatic rings. The standard InChI is InChI=1S/C41H38N12O4/c1-22(2)51-24(5)45-31-17-27(13-15-33(31)51)47-40(54)38(49-20-43-29-10-7-9-26(19-42)36(29)49)39(50-21-44-30-11-8-12-35(37(30)50)53(56)57)41(55)48-28-14-16-34-32(18-28)46-25(6)52(34)23(3)4/h7-18,20-23,38-39H,1-6H3,(H,47,54)(H,48,55). The van der Waals surface area contributed by atoms with E-state index in [0.717, 1.165) is 22.7 Å². The molecule has 4 aromatic carbocycles. The molecule has 0 saturated carbocycles. The highest BCUT2D eigenvalue weighted by Crippen LogP contribution is 2.37. The summed E-state index contributed by atoms with van der Waals surface area (Å²) in [6.45, 7) is 12.1. The van der Waals surface area contributed by atoms with E-state index in [9.17, 15) is 15.4 Å². The second kappa shape index (κ2) is 14.0. The summed E-state index contributed by atoms with van der Waals surface area (Å²) < 4.78 is 7.00. The SMILES string of the molecule is Cc1nc2cc(NC(=O)C(C(C(=O)Nc3ccc4c(c3)nc(C)n4C(C)C)n3cnc4cccc([N+](=O)[O-])c43)n3cnc4cccc(C#N)c43)ccc2n1C(C)C. The van der Waals surface area contributed by atoms with Gasteiger partial charge in [-0.3, -0.25) is 19.7 Å². The van der Waals surface area contributed by atoms with Crippen molar-refractivity contribution in [2.45, 2.75) is 65.7 Å². The molecule has 2 atom stereocenters. The number of nitro groups is 1. The van der Waals surface area contributed by atoms with Gasteiger partial charge in [-0.15, -0.1) is 0 Å². The van der Waals surface area contributed by atoms with Gasteiger partial charge in [0.15, 0.2) is 0 Å². The molecule has 0 spiro atoms. The molecule has 16 heteroatoms. The van der Waals surface area contributed by atoms with E-state index in [2.05, 4.69) is 63.5 Å². The Morgan fingerprint density at radius 3 is 1.65 bits per heavy atom. The fourth-order valence-corrected chi connectivity index (χ4v) is 7.99. The zero-order valence-electron chi connectivity index (χ0n) is 32.0.